The van der Waals surface area contributed by atoms with Crippen LogP contribution in [0.1, 0.15) is 102 Å². The molecule has 2 unspecified atom stereocenters. The lowest BCUT2D eigenvalue weighted by molar-refractivity contribution is 0.344. The van der Waals surface area contributed by atoms with Gasteiger partial charge in [-0.05, 0) is 60.1 Å². The monoisotopic (exact) mass is 504 g/mol. The fraction of sp³-hybridized carbons (Fsp3) is 0.333. The fourth-order valence-corrected chi connectivity index (χ4v) is 6.57. The number of hydrogen-bond acceptors (Lipinski definition) is 2. The number of rotatable bonds is 6. The van der Waals surface area contributed by atoms with E-state index in [1.54, 1.807) is 0 Å². The minimum atomic E-state index is -0.147. The van der Waals surface area contributed by atoms with Crippen LogP contribution in [0.3, 0.4) is 0 Å². The van der Waals surface area contributed by atoms with Crippen molar-refractivity contribution in [1.29, 1.82) is 0 Å². The Bertz CT molecular complexity index is 1300. The van der Waals surface area contributed by atoms with Gasteiger partial charge in [-0.3, -0.25) is 0 Å². The van der Waals surface area contributed by atoms with E-state index in [-0.39, 0.29) is 17.3 Å². The summed E-state index contributed by atoms with van der Waals surface area (Å²) in [6.07, 6.45) is 5.73. The Morgan fingerprint density at radius 3 is 1.37 bits per heavy atom. The minimum absolute atomic E-state index is 0.0886. The molecule has 196 valence electrons. The lowest BCUT2D eigenvalue weighted by Crippen LogP contribution is -2.31. The van der Waals surface area contributed by atoms with E-state index < -0.39 is 0 Å². The normalized spacial score (nSPS) is 16.6. The van der Waals surface area contributed by atoms with Gasteiger partial charge in [0.2, 0.25) is 0 Å². The Kier molecular flexibility index (Phi) is 7.34. The maximum atomic E-state index is 11.2. The molecule has 0 amide bonds. The molecule has 0 bridgehead atoms. The smallest absolute Gasteiger partial charge is 0.122 e. The first-order valence-electron chi connectivity index (χ1n) is 14.1. The van der Waals surface area contributed by atoms with Gasteiger partial charge >= 0.3 is 0 Å². The van der Waals surface area contributed by atoms with Gasteiger partial charge in [0.1, 0.15) is 11.5 Å². The third-order valence-corrected chi connectivity index (χ3v) is 9.00. The van der Waals surface area contributed by atoms with Crippen molar-refractivity contribution >= 4 is 0 Å². The van der Waals surface area contributed by atoms with Crippen LogP contribution in [0.15, 0.2) is 84.9 Å². The first-order chi connectivity index (χ1) is 18.3. The number of aryl methyl sites for hydroxylation is 2. The molecular formula is C36H40O2. The Balaban J connectivity index is 1.67. The molecule has 2 atom stereocenters. The molecule has 4 aromatic carbocycles. The summed E-state index contributed by atoms with van der Waals surface area (Å²) in [6, 6.07) is 29.9. The molecule has 4 aromatic rings. The zero-order valence-corrected chi connectivity index (χ0v) is 23.2. The summed E-state index contributed by atoms with van der Waals surface area (Å²) >= 11 is 0. The van der Waals surface area contributed by atoms with Gasteiger partial charge in [-0.25, -0.2) is 0 Å². The van der Waals surface area contributed by atoms with Crippen LogP contribution in [0.5, 0.6) is 11.5 Å². The Morgan fingerprint density at radius 1 is 0.579 bits per heavy atom. The molecule has 0 aliphatic heterocycles. The second kappa shape index (κ2) is 10.7. The van der Waals surface area contributed by atoms with E-state index in [9.17, 15) is 10.2 Å². The molecule has 38 heavy (non-hydrogen) atoms. The van der Waals surface area contributed by atoms with Crippen LogP contribution < -0.4 is 0 Å². The third kappa shape index (κ3) is 4.73. The lowest BCUT2D eigenvalue weighted by atomic mass is 9.64. The number of phenolic OH excluding ortho intramolecular Hbond substituents is 2. The maximum absolute atomic E-state index is 11.2. The van der Waals surface area contributed by atoms with Crippen LogP contribution >= 0.6 is 0 Å². The van der Waals surface area contributed by atoms with E-state index >= 15 is 0 Å². The van der Waals surface area contributed by atoms with E-state index in [2.05, 4.69) is 86.6 Å². The van der Waals surface area contributed by atoms with Gasteiger partial charge in [-0.2, -0.15) is 0 Å². The molecule has 0 spiro atoms. The van der Waals surface area contributed by atoms with Crippen molar-refractivity contribution in [2.75, 3.05) is 0 Å². The van der Waals surface area contributed by atoms with Crippen LogP contribution in [-0.4, -0.2) is 10.2 Å². The minimum Gasteiger partial charge on any atom is -0.507 e. The predicted octanol–water partition coefficient (Wildman–Crippen LogP) is 9.27. The van der Waals surface area contributed by atoms with Crippen LogP contribution in [0, 0.1) is 13.8 Å². The van der Waals surface area contributed by atoms with Crippen molar-refractivity contribution in [3.05, 3.63) is 129 Å². The molecule has 1 aliphatic rings. The zero-order valence-electron chi connectivity index (χ0n) is 23.2. The maximum Gasteiger partial charge on any atom is 0.122 e. The molecule has 1 saturated carbocycles. The summed E-state index contributed by atoms with van der Waals surface area (Å²) < 4.78 is 0. The zero-order chi connectivity index (χ0) is 26.9. The van der Waals surface area contributed by atoms with Crippen molar-refractivity contribution < 1.29 is 10.2 Å². The van der Waals surface area contributed by atoms with Gasteiger partial charge in [-0.15, -0.1) is 0 Å². The molecule has 1 fully saturated rings. The average Bonchev–Trinajstić information content (AvgIpc) is 2.96. The number of phenols is 2. The van der Waals surface area contributed by atoms with Crippen molar-refractivity contribution in [1.82, 2.24) is 0 Å². The van der Waals surface area contributed by atoms with Crippen molar-refractivity contribution in [2.45, 2.75) is 77.0 Å². The summed E-state index contributed by atoms with van der Waals surface area (Å²) in [5, 5.41) is 22.4. The fourth-order valence-electron chi connectivity index (χ4n) is 6.57. The van der Waals surface area contributed by atoms with Crippen molar-refractivity contribution in [3.63, 3.8) is 0 Å². The molecule has 0 radical (unpaired) electrons. The first kappa shape index (κ1) is 26.1. The second-order valence-electron chi connectivity index (χ2n) is 11.4. The number of benzene rings is 4. The van der Waals surface area contributed by atoms with Crippen LogP contribution in [0.2, 0.25) is 0 Å². The van der Waals surface area contributed by atoms with E-state index in [1.807, 2.05) is 26.0 Å². The Labute approximate surface area is 228 Å². The summed E-state index contributed by atoms with van der Waals surface area (Å²) in [4.78, 5) is 0. The second-order valence-corrected chi connectivity index (χ2v) is 11.4. The quantitative estimate of drug-likeness (QED) is 0.275. The van der Waals surface area contributed by atoms with Crippen LogP contribution in [-0.2, 0) is 5.41 Å². The molecule has 0 aromatic heterocycles. The summed E-state index contributed by atoms with van der Waals surface area (Å²) in [7, 11) is 0. The van der Waals surface area contributed by atoms with Gasteiger partial charge in [0.25, 0.3) is 0 Å². The predicted molar refractivity (Wildman–Crippen MR) is 157 cm³/mol. The van der Waals surface area contributed by atoms with Crippen molar-refractivity contribution in [2.24, 2.45) is 0 Å². The molecule has 0 heterocycles. The summed E-state index contributed by atoms with van der Waals surface area (Å²) in [5.41, 5.74) is 8.67. The standard InChI is InChI=1S/C36H40O2/c1-24-20-30(22-32(34(24)37)26(3)28-14-8-5-9-15-28)36(18-12-7-13-19-36)31-21-25(2)35(38)33(23-31)27(4)29-16-10-6-11-17-29/h5-6,8-11,14-17,20-23,26-27,37-38H,7,12-13,18-19H2,1-4H3. The highest BCUT2D eigenvalue weighted by Crippen LogP contribution is 2.49. The Hall–Kier alpha value is -3.52. The molecule has 2 N–H and O–H groups in total. The Morgan fingerprint density at radius 2 is 0.974 bits per heavy atom. The topological polar surface area (TPSA) is 40.5 Å². The third-order valence-electron chi connectivity index (χ3n) is 9.00. The van der Waals surface area contributed by atoms with E-state index in [4.69, 9.17) is 0 Å². The number of aromatic hydroxyl groups is 2. The molecule has 2 heteroatoms. The highest BCUT2D eigenvalue weighted by molar-refractivity contribution is 5.56. The largest absolute Gasteiger partial charge is 0.507 e. The van der Waals surface area contributed by atoms with Gasteiger partial charge in [-0.1, -0.05) is 118 Å². The van der Waals surface area contributed by atoms with Gasteiger partial charge in [0.15, 0.2) is 0 Å². The number of hydrogen-bond donors (Lipinski definition) is 2. The first-order valence-corrected chi connectivity index (χ1v) is 14.1. The molecule has 1 aliphatic carbocycles. The molecule has 0 saturated heterocycles. The van der Waals surface area contributed by atoms with Gasteiger partial charge < -0.3 is 10.2 Å². The van der Waals surface area contributed by atoms with E-state index in [0.29, 0.717) is 11.5 Å². The average molecular weight is 505 g/mol. The van der Waals surface area contributed by atoms with Gasteiger partial charge in [0, 0.05) is 28.4 Å². The highest BCUT2D eigenvalue weighted by Gasteiger charge is 2.38. The van der Waals surface area contributed by atoms with E-state index in [1.165, 1.54) is 41.5 Å². The van der Waals surface area contributed by atoms with Crippen molar-refractivity contribution in [3.8, 4) is 11.5 Å². The molecular weight excluding hydrogens is 464 g/mol. The summed E-state index contributed by atoms with van der Waals surface area (Å²) in [5.74, 6) is 0.976. The highest BCUT2D eigenvalue weighted by atomic mass is 16.3. The SMILES string of the molecule is Cc1cc(C2(c3cc(C)c(O)c(C(C)c4ccccc4)c3)CCCCC2)cc(C(C)c2ccccc2)c1O. The van der Waals surface area contributed by atoms with E-state index in [0.717, 1.165) is 35.1 Å². The van der Waals surface area contributed by atoms with Crippen LogP contribution in [0.4, 0.5) is 0 Å². The molecule has 5 rings (SSSR count). The summed E-state index contributed by atoms with van der Waals surface area (Å²) in [6.45, 7) is 8.43. The molecule has 2 nitrogen and oxygen atoms in total. The van der Waals surface area contributed by atoms with Gasteiger partial charge in [0.05, 0.1) is 0 Å². The van der Waals surface area contributed by atoms with Crippen LogP contribution in [0.25, 0.3) is 0 Å². The lowest BCUT2D eigenvalue weighted by Gasteiger charge is -2.40.